The Kier molecular flexibility index (Phi) is 3.94. The van der Waals surface area contributed by atoms with Crippen LogP contribution in [-0.4, -0.2) is 20.7 Å². The first kappa shape index (κ1) is 14.7. The molecule has 0 saturated heterocycles. The van der Waals surface area contributed by atoms with Crippen LogP contribution in [-0.2, 0) is 11.3 Å². The quantitative estimate of drug-likeness (QED) is 0.801. The van der Waals surface area contributed by atoms with Gasteiger partial charge in [-0.3, -0.25) is 10.1 Å². The molecule has 1 N–H and O–H groups in total. The van der Waals surface area contributed by atoms with Gasteiger partial charge < -0.3 is 4.57 Å². The largest absolute Gasteiger partial charge is 0.338 e. The minimum atomic E-state index is -0.0930. The highest BCUT2D eigenvalue weighted by Crippen LogP contribution is 2.22. The van der Waals surface area contributed by atoms with E-state index in [0.717, 1.165) is 15.9 Å². The average Bonchev–Trinajstić information content (AvgIpc) is 3.06. The zero-order chi connectivity index (χ0) is 15.7. The van der Waals surface area contributed by atoms with E-state index in [4.69, 9.17) is 0 Å². The van der Waals surface area contributed by atoms with Gasteiger partial charge in [0.1, 0.15) is 11.6 Å². The van der Waals surface area contributed by atoms with Gasteiger partial charge >= 0.3 is 0 Å². The number of rotatable bonds is 4. The monoisotopic (exact) mass is 314 g/mol. The second kappa shape index (κ2) is 5.88. The number of fused-ring (bicyclic) bond motifs is 1. The lowest BCUT2D eigenvalue weighted by Crippen LogP contribution is -2.18. The Bertz CT molecular complexity index is 819. The topological polar surface area (TPSA) is 59.8 Å². The summed E-state index contributed by atoms with van der Waals surface area (Å²) in [4.78, 5) is 12.2. The van der Waals surface area contributed by atoms with Crippen molar-refractivity contribution in [2.24, 2.45) is 0 Å². The summed E-state index contributed by atoms with van der Waals surface area (Å²) in [6.45, 7) is 6.44. The number of aryl methyl sites for hydroxylation is 1. The molecule has 0 atom stereocenters. The molecule has 1 amide bonds. The van der Waals surface area contributed by atoms with Crippen LogP contribution >= 0.6 is 11.3 Å². The maximum Gasteiger partial charge on any atom is 0.246 e. The van der Waals surface area contributed by atoms with Crippen molar-refractivity contribution < 1.29 is 4.79 Å². The maximum atomic E-state index is 12.2. The van der Waals surface area contributed by atoms with Crippen LogP contribution in [0.4, 0.5) is 5.13 Å². The summed E-state index contributed by atoms with van der Waals surface area (Å²) >= 11 is 1.42. The molecule has 0 aliphatic rings. The number of hydrogen-bond donors (Lipinski definition) is 1. The van der Waals surface area contributed by atoms with E-state index in [1.54, 1.807) is 0 Å². The van der Waals surface area contributed by atoms with Gasteiger partial charge in [-0.15, -0.1) is 10.2 Å². The minimum Gasteiger partial charge on any atom is -0.338 e. The Morgan fingerprint density at radius 3 is 2.86 bits per heavy atom. The zero-order valence-electron chi connectivity index (χ0n) is 12.8. The number of anilines is 1. The second-order valence-electron chi connectivity index (χ2n) is 5.65. The fourth-order valence-corrected chi connectivity index (χ4v) is 3.05. The summed E-state index contributed by atoms with van der Waals surface area (Å²) in [7, 11) is 0. The third-order valence-corrected chi connectivity index (χ3v) is 4.56. The van der Waals surface area contributed by atoms with Crippen LogP contribution in [0.1, 0.15) is 30.3 Å². The molecule has 0 aliphatic heterocycles. The third kappa shape index (κ3) is 3.01. The van der Waals surface area contributed by atoms with Gasteiger partial charge in [-0.25, -0.2) is 0 Å². The molecular weight excluding hydrogens is 296 g/mol. The van der Waals surface area contributed by atoms with Crippen molar-refractivity contribution in [2.45, 2.75) is 33.2 Å². The highest BCUT2D eigenvalue weighted by molar-refractivity contribution is 7.15. The van der Waals surface area contributed by atoms with E-state index < -0.39 is 0 Å². The molecule has 0 bridgehead atoms. The van der Waals surface area contributed by atoms with E-state index in [9.17, 15) is 4.79 Å². The Morgan fingerprint density at radius 1 is 1.32 bits per heavy atom. The molecule has 2 heterocycles. The Balaban J connectivity index is 1.72. The molecule has 0 radical (unpaired) electrons. The molecule has 0 aliphatic carbocycles. The average molecular weight is 314 g/mol. The number of carbonyl (C=O) groups is 1. The number of nitrogens with zero attached hydrogens (tertiary/aromatic N) is 3. The van der Waals surface area contributed by atoms with Gasteiger partial charge in [-0.1, -0.05) is 36.8 Å². The van der Waals surface area contributed by atoms with Crippen LogP contribution in [0, 0.1) is 6.92 Å². The van der Waals surface area contributed by atoms with Crippen molar-refractivity contribution >= 4 is 33.3 Å². The van der Waals surface area contributed by atoms with Crippen molar-refractivity contribution in [1.29, 1.82) is 0 Å². The van der Waals surface area contributed by atoms with E-state index in [-0.39, 0.29) is 12.5 Å². The molecule has 0 spiro atoms. The van der Waals surface area contributed by atoms with Crippen molar-refractivity contribution in [1.82, 2.24) is 14.8 Å². The van der Waals surface area contributed by atoms with Crippen LogP contribution in [0.2, 0.25) is 0 Å². The zero-order valence-corrected chi connectivity index (χ0v) is 13.6. The van der Waals surface area contributed by atoms with E-state index in [1.807, 2.05) is 22.9 Å². The molecule has 3 aromatic rings. The summed E-state index contributed by atoms with van der Waals surface area (Å²) in [6.07, 6.45) is 1.93. The number of carbonyl (C=O) groups excluding carboxylic acids is 1. The third-order valence-electron chi connectivity index (χ3n) is 3.42. The van der Waals surface area contributed by atoms with Crippen molar-refractivity contribution in [3.05, 3.63) is 41.0 Å². The van der Waals surface area contributed by atoms with Gasteiger partial charge in [0.15, 0.2) is 0 Å². The van der Waals surface area contributed by atoms with Crippen LogP contribution in [0.25, 0.3) is 10.9 Å². The predicted molar refractivity (Wildman–Crippen MR) is 89.3 cm³/mol. The molecular formula is C16H18N4OS. The Labute approximate surface area is 133 Å². The predicted octanol–water partition coefficient (Wildman–Crippen LogP) is 3.56. The summed E-state index contributed by atoms with van der Waals surface area (Å²) in [5, 5.41) is 13.5. The van der Waals surface area contributed by atoms with Crippen LogP contribution in [0.5, 0.6) is 0 Å². The lowest BCUT2D eigenvalue weighted by molar-refractivity contribution is -0.116. The van der Waals surface area contributed by atoms with E-state index in [0.29, 0.717) is 11.0 Å². The summed E-state index contributed by atoms with van der Waals surface area (Å²) in [5.41, 5.74) is 2.27. The molecule has 0 fully saturated rings. The minimum absolute atomic E-state index is 0.0930. The first-order chi connectivity index (χ1) is 10.5. The molecule has 0 saturated carbocycles. The number of benzene rings is 1. The normalized spacial score (nSPS) is 11.3. The molecule has 6 heteroatoms. The molecule has 22 heavy (non-hydrogen) atoms. The number of amides is 1. The smallest absolute Gasteiger partial charge is 0.246 e. The van der Waals surface area contributed by atoms with E-state index in [1.165, 1.54) is 16.9 Å². The van der Waals surface area contributed by atoms with Gasteiger partial charge in [0.05, 0.1) is 0 Å². The maximum absolute atomic E-state index is 12.2. The number of nitrogens with one attached hydrogen (secondary N) is 1. The Hall–Kier alpha value is -2.21. The van der Waals surface area contributed by atoms with Crippen LogP contribution < -0.4 is 5.32 Å². The van der Waals surface area contributed by atoms with Gasteiger partial charge in [-0.2, -0.15) is 0 Å². The Morgan fingerprint density at radius 2 is 2.14 bits per heavy atom. The summed E-state index contributed by atoms with van der Waals surface area (Å²) in [6, 6.07) is 8.23. The molecule has 2 aromatic heterocycles. The summed E-state index contributed by atoms with van der Waals surface area (Å²) in [5.74, 6) is 0.226. The van der Waals surface area contributed by atoms with Crippen LogP contribution in [0.3, 0.4) is 0 Å². The SMILES string of the molecule is Cc1ccc2c(ccn2CC(=O)Nc2nnc(C(C)C)s2)c1. The standard InChI is InChI=1S/C16H18N4OS/c1-10(2)15-18-19-16(22-15)17-14(21)9-20-7-6-12-8-11(3)4-5-13(12)20/h4-8,10H,9H2,1-3H3,(H,17,19,21). The van der Waals surface area contributed by atoms with E-state index in [2.05, 4.69) is 48.4 Å². The van der Waals surface area contributed by atoms with Gasteiger partial charge in [0.2, 0.25) is 11.0 Å². The van der Waals surface area contributed by atoms with Gasteiger partial charge in [0, 0.05) is 17.6 Å². The highest BCUT2D eigenvalue weighted by Gasteiger charge is 2.11. The van der Waals surface area contributed by atoms with Crippen molar-refractivity contribution in [2.75, 3.05) is 5.32 Å². The molecule has 1 aromatic carbocycles. The molecule has 3 rings (SSSR count). The first-order valence-electron chi connectivity index (χ1n) is 7.21. The van der Waals surface area contributed by atoms with Gasteiger partial charge in [0.25, 0.3) is 0 Å². The van der Waals surface area contributed by atoms with Crippen molar-refractivity contribution in [3.63, 3.8) is 0 Å². The first-order valence-corrected chi connectivity index (χ1v) is 8.03. The van der Waals surface area contributed by atoms with Crippen molar-refractivity contribution in [3.8, 4) is 0 Å². The fourth-order valence-electron chi connectivity index (χ4n) is 2.29. The number of hydrogen-bond acceptors (Lipinski definition) is 4. The van der Waals surface area contributed by atoms with Crippen LogP contribution in [0.15, 0.2) is 30.5 Å². The second-order valence-corrected chi connectivity index (χ2v) is 6.66. The summed E-state index contributed by atoms with van der Waals surface area (Å²) < 4.78 is 1.94. The number of aromatic nitrogens is 3. The van der Waals surface area contributed by atoms with Gasteiger partial charge in [-0.05, 0) is 30.5 Å². The molecule has 5 nitrogen and oxygen atoms in total. The molecule has 0 unspecified atom stereocenters. The lowest BCUT2D eigenvalue weighted by Gasteiger charge is -2.05. The highest BCUT2D eigenvalue weighted by atomic mass is 32.1. The molecule has 114 valence electrons. The lowest BCUT2D eigenvalue weighted by atomic mass is 10.2. The fraction of sp³-hybridized carbons (Fsp3) is 0.312. The van der Waals surface area contributed by atoms with E-state index >= 15 is 0 Å².